The molecule has 1 aromatic carbocycles. The van der Waals surface area contributed by atoms with E-state index in [1.165, 1.54) is 6.92 Å². The molecule has 0 radical (unpaired) electrons. The lowest BCUT2D eigenvalue weighted by Gasteiger charge is -2.15. The van der Waals surface area contributed by atoms with E-state index in [-0.39, 0.29) is 5.75 Å². The molecule has 0 heterocycles. The SMILES string of the molecule is C=Cc1ccc(OC(=O)OC(C)S(=O)(=O)OC(C)C)cc1. The molecule has 1 rings (SSSR count). The first kappa shape index (κ1) is 17.2. The number of hydrogen-bond acceptors (Lipinski definition) is 6. The van der Waals surface area contributed by atoms with E-state index < -0.39 is 27.8 Å². The minimum Gasteiger partial charge on any atom is -0.412 e. The second-order valence-corrected chi connectivity index (χ2v) is 6.29. The van der Waals surface area contributed by atoms with Crippen LogP contribution in [0, 0.1) is 0 Å². The molecule has 0 aromatic heterocycles. The summed E-state index contributed by atoms with van der Waals surface area (Å²) in [6.07, 6.45) is -0.0201. The third kappa shape index (κ3) is 5.57. The van der Waals surface area contributed by atoms with Gasteiger partial charge in [0.2, 0.25) is 5.44 Å². The lowest BCUT2D eigenvalue weighted by atomic mass is 10.2. The summed E-state index contributed by atoms with van der Waals surface area (Å²) in [5, 5.41) is 0. The van der Waals surface area contributed by atoms with Crippen molar-refractivity contribution in [3.05, 3.63) is 36.4 Å². The van der Waals surface area contributed by atoms with Crippen LogP contribution in [0.3, 0.4) is 0 Å². The Kier molecular flexibility index (Phi) is 5.92. The van der Waals surface area contributed by atoms with E-state index in [0.717, 1.165) is 5.56 Å². The van der Waals surface area contributed by atoms with Gasteiger partial charge in [0.05, 0.1) is 6.10 Å². The molecule has 0 aliphatic heterocycles. The molecule has 0 spiro atoms. The van der Waals surface area contributed by atoms with E-state index in [0.29, 0.717) is 0 Å². The molecule has 21 heavy (non-hydrogen) atoms. The van der Waals surface area contributed by atoms with Crippen molar-refractivity contribution in [3.8, 4) is 5.75 Å². The zero-order chi connectivity index (χ0) is 16.0. The molecular weight excluding hydrogens is 296 g/mol. The molecule has 0 amide bonds. The largest absolute Gasteiger partial charge is 0.515 e. The number of carbonyl (C=O) groups is 1. The number of hydrogen-bond donors (Lipinski definition) is 0. The third-order valence-corrected chi connectivity index (χ3v) is 3.87. The van der Waals surface area contributed by atoms with Crippen molar-refractivity contribution in [1.82, 2.24) is 0 Å². The highest BCUT2D eigenvalue weighted by molar-refractivity contribution is 7.87. The predicted octanol–water partition coefficient (Wildman–Crippen LogP) is 2.95. The Hall–Kier alpha value is -1.86. The summed E-state index contributed by atoms with van der Waals surface area (Å²) in [4.78, 5) is 11.5. The summed E-state index contributed by atoms with van der Waals surface area (Å²) in [5.74, 6) is 0.236. The van der Waals surface area contributed by atoms with Gasteiger partial charge in [-0.25, -0.2) is 4.79 Å². The Morgan fingerprint density at radius 1 is 1.19 bits per heavy atom. The Morgan fingerprint density at radius 2 is 1.76 bits per heavy atom. The van der Waals surface area contributed by atoms with Crippen molar-refractivity contribution in [2.24, 2.45) is 0 Å². The molecule has 1 unspecified atom stereocenters. The summed E-state index contributed by atoms with van der Waals surface area (Å²) in [6.45, 7) is 7.91. The van der Waals surface area contributed by atoms with Gasteiger partial charge in [-0.15, -0.1) is 0 Å². The van der Waals surface area contributed by atoms with Crippen LogP contribution in [0.1, 0.15) is 26.3 Å². The fourth-order valence-electron chi connectivity index (χ4n) is 1.33. The van der Waals surface area contributed by atoms with Gasteiger partial charge in [-0.05, 0) is 38.5 Å². The zero-order valence-corrected chi connectivity index (χ0v) is 12.9. The van der Waals surface area contributed by atoms with Gasteiger partial charge >= 0.3 is 16.3 Å². The Morgan fingerprint density at radius 3 is 2.24 bits per heavy atom. The van der Waals surface area contributed by atoms with Gasteiger partial charge in [-0.2, -0.15) is 8.42 Å². The maximum atomic E-state index is 11.6. The van der Waals surface area contributed by atoms with Gasteiger partial charge < -0.3 is 9.47 Å². The first-order chi connectivity index (χ1) is 9.74. The highest BCUT2D eigenvalue weighted by Crippen LogP contribution is 2.15. The molecule has 0 fully saturated rings. The molecule has 0 aliphatic rings. The topological polar surface area (TPSA) is 78.9 Å². The molecule has 0 saturated carbocycles. The standard InChI is InChI=1S/C14H18O6S/c1-5-12-6-8-13(9-7-12)19-14(15)18-11(4)21(16,17)20-10(2)3/h5-11H,1H2,2-4H3. The average molecular weight is 314 g/mol. The van der Waals surface area contributed by atoms with Gasteiger partial charge in [-0.3, -0.25) is 4.18 Å². The van der Waals surface area contributed by atoms with E-state index >= 15 is 0 Å². The van der Waals surface area contributed by atoms with Crippen LogP contribution in [0.4, 0.5) is 4.79 Å². The van der Waals surface area contributed by atoms with E-state index in [1.54, 1.807) is 44.2 Å². The first-order valence-electron chi connectivity index (χ1n) is 6.27. The van der Waals surface area contributed by atoms with Crippen molar-refractivity contribution in [2.75, 3.05) is 0 Å². The van der Waals surface area contributed by atoms with Gasteiger partial charge in [-0.1, -0.05) is 24.8 Å². The maximum Gasteiger partial charge on any atom is 0.515 e. The molecule has 1 atom stereocenters. The van der Waals surface area contributed by atoms with E-state index in [4.69, 9.17) is 8.92 Å². The molecule has 0 N–H and O–H groups in total. The monoisotopic (exact) mass is 314 g/mol. The van der Waals surface area contributed by atoms with Crippen LogP contribution in [0.2, 0.25) is 0 Å². The summed E-state index contributed by atoms with van der Waals surface area (Å²) < 4.78 is 37.6. The van der Waals surface area contributed by atoms with Crippen LogP contribution in [0.25, 0.3) is 6.08 Å². The Balaban J connectivity index is 2.62. The molecule has 0 saturated heterocycles. The molecule has 6 nitrogen and oxygen atoms in total. The van der Waals surface area contributed by atoms with Gasteiger partial charge in [0.25, 0.3) is 0 Å². The number of benzene rings is 1. The molecule has 0 bridgehead atoms. The predicted molar refractivity (Wildman–Crippen MR) is 78.2 cm³/mol. The summed E-state index contributed by atoms with van der Waals surface area (Å²) in [5.41, 5.74) is -0.600. The molecule has 7 heteroatoms. The van der Waals surface area contributed by atoms with Gasteiger partial charge in [0, 0.05) is 0 Å². The van der Waals surface area contributed by atoms with Crippen LogP contribution >= 0.6 is 0 Å². The minimum absolute atomic E-state index is 0.236. The molecular formula is C14H18O6S. The van der Waals surface area contributed by atoms with Crippen LogP contribution in [-0.4, -0.2) is 26.1 Å². The fraction of sp³-hybridized carbons (Fsp3) is 0.357. The zero-order valence-electron chi connectivity index (χ0n) is 12.1. The molecule has 116 valence electrons. The third-order valence-electron chi connectivity index (χ3n) is 2.31. The van der Waals surface area contributed by atoms with Crippen molar-refractivity contribution < 1.29 is 26.9 Å². The van der Waals surface area contributed by atoms with Crippen LogP contribution in [-0.2, 0) is 19.0 Å². The van der Waals surface area contributed by atoms with Crippen LogP contribution in [0.15, 0.2) is 30.8 Å². The van der Waals surface area contributed by atoms with Crippen molar-refractivity contribution >= 4 is 22.3 Å². The molecule has 0 aliphatic carbocycles. The minimum atomic E-state index is -3.99. The highest BCUT2D eigenvalue weighted by atomic mass is 32.2. The van der Waals surface area contributed by atoms with Gasteiger partial charge in [0.1, 0.15) is 5.75 Å². The number of rotatable bonds is 6. The molecule has 1 aromatic rings. The van der Waals surface area contributed by atoms with E-state index in [1.807, 2.05) is 0 Å². The quantitative estimate of drug-likeness (QED) is 0.456. The Bertz CT molecular complexity index is 588. The first-order valence-corrected chi connectivity index (χ1v) is 7.75. The van der Waals surface area contributed by atoms with Crippen LogP contribution < -0.4 is 4.74 Å². The van der Waals surface area contributed by atoms with Crippen molar-refractivity contribution in [1.29, 1.82) is 0 Å². The van der Waals surface area contributed by atoms with E-state index in [9.17, 15) is 13.2 Å². The Labute approximate surface area is 124 Å². The lowest BCUT2D eigenvalue weighted by Crippen LogP contribution is -2.29. The van der Waals surface area contributed by atoms with Crippen molar-refractivity contribution in [3.63, 3.8) is 0 Å². The summed E-state index contributed by atoms with van der Waals surface area (Å²) in [7, 11) is -3.99. The summed E-state index contributed by atoms with van der Waals surface area (Å²) in [6, 6.07) is 6.47. The normalized spacial score (nSPS) is 12.8. The number of ether oxygens (including phenoxy) is 2. The fourth-order valence-corrected chi connectivity index (χ4v) is 2.22. The highest BCUT2D eigenvalue weighted by Gasteiger charge is 2.27. The van der Waals surface area contributed by atoms with E-state index in [2.05, 4.69) is 11.3 Å². The van der Waals surface area contributed by atoms with Gasteiger partial charge in [0.15, 0.2) is 0 Å². The number of carbonyl (C=O) groups excluding carboxylic acids is 1. The maximum absolute atomic E-state index is 11.6. The average Bonchev–Trinajstić information content (AvgIpc) is 2.37. The second kappa shape index (κ2) is 7.24. The van der Waals surface area contributed by atoms with Crippen LogP contribution in [0.5, 0.6) is 5.75 Å². The van der Waals surface area contributed by atoms with Crippen molar-refractivity contribution in [2.45, 2.75) is 32.3 Å². The lowest BCUT2D eigenvalue weighted by molar-refractivity contribution is 0.0842. The summed E-state index contributed by atoms with van der Waals surface area (Å²) >= 11 is 0. The second-order valence-electron chi connectivity index (χ2n) is 4.45. The smallest absolute Gasteiger partial charge is 0.412 e.